The molecule has 1 amide bonds. The standard InChI is InChI=1S/C13H20N6O/c1-18-9-2-3-10(18)8-19(5-4-9)13(20)11-6-15-7-12(16-11)17-14/h6-7,9-10H,2-5,8,14H2,1H3,(H,16,17). The number of amides is 1. The summed E-state index contributed by atoms with van der Waals surface area (Å²) >= 11 is 0. The second-order valence-corrected chi connectivity index (χ2v) is 5.52. The molecule has 3 N–H and O–H groups in total. The van der Waals surface area contributed by atoms with Crippen LogP contribution in [-0.2, 0) is 0 Å². The Morgan fingerprint density at radius 3 is 2.95 bits per heavy atom. The summed E-state index contributed by atoms with van der Waals surface area (Å²) in [5.74, 6) is 5.65. The molecule has 3 rings (SSSR count). The van der Waals surface area contributed by atoms with Crippen molar-refractivity contribution in [1.82, 2.24) is 19.8 Å². The van der Waals surface area contributed by atoms with Crippen LogP contribution < -0.4 is 11.3 Å². The largest absolute Gasteiger partial charge is 0.336 e. The van der Waals surface area contributed by atoms with Gasteiger partial charge >= 0.3 is 0 Å². The van der Waals surface area contributed by atoms with E-state index in [1.807, 2.05) is 4.90 Å². The molecule has 0 aromatic carbocycles. The maximum atomic E-state index is 12.5. The van der Waals surface area contributed by atoms with Crippen LogP contribution in [0.2, 0.25) is 0 Å². The van der Waals surface area contributed by atoms with E-state index in [4.69, 9.17) is 5.84 Å². The van der Waals surface area contributed by atoms with Crippen molar-refractivity contribution < 1.29 is 4.79 Å². The normalized spacial score (nSPS) is 26.4. The Labute approximate surface area is 118 Å². The number of carbonyl (C=O) groups is 1. The molecule has 1 aromatic heterocycles. The Balaban J connectivity index is 1.77. The topological polar surface area (TPSA) is 87.4 Å². The van der Waals surface area contributed by atoms with Crippen LogP contribution in [0, 0.1) is 0 Å². The Bertz CT molecular complexity index is 507. The first-order chi connectivity index (χ1) is 9.69. The van der Waals surface area contributed by atoms with E-state index in [2.05, 4.69) is 27.3 Å². The van der Waals surface area contributed by atoms with Gasteiger partial charge in [0.05, 0.1) is 12.4 Å². The fraction of sp³-hybridized carbons (Fsp3) is 0.615. The molecule has 2 fully saturated rings. The number of rotatable bonds is 2. The van der Waals surface area contributed by atoms with E-state index in [1.54, 1.807) is 0 Å². The van der Waals surface area contributed by atoms with Crippen molar-refractivity contribution >= 4 is 11.7 Å². The molecule has 2 atom stereocenters. The molecule has 2 aliphatic heterocycles. The first kappa shape index (κ1) is 13.3. The van der Waals surface area contributed by atoms with Crippen LogP contribution in [0.5, 0.6) is 0 Å². The zero-order chi connectivity index (χ0) is 14.1. The number of nitrogens with zero attached hydrogens (tertiary/aromatic N) is 4. The molecule has 20 heavy (non-hydrogen) atoms. The highest BCUT2D eigenvalue weighted by Gasteiger charge is 2.36. The molecule has 2 saturated heterocycles. The van der Waals surface area contributed by atoms with Gasteiger partial charge in [0.25, 0.3) is 5.91 Å². The van der Waals surface area contributed by atoms with Crippen molar-refractivity contribution in [3.8, 4) is 0 Å². The molecule has 7 heteroatoms. The number of fused-ring (bicyclic) bond motifs is 2. The minimum absolute atomic E-state index is 0.0597. The Morgan fingerprint density at radius 1 is 1.35 bits per heavy atom. The number of nitrogens with one attached hydrogen (secondary N) is 1. The van der Waals surface area contributed by atoms with Crippen LogP contribution >= 0.6 is 0 Å². The van der Waals surface area contributed by atoms with Crippen LogP contribution in [0.1, 0.15) is 29.8 Å². The maximum Gasteiger partial charge on any atom is 0.274 e. The zero-order valence-electron chi connectivity index (χ0n) is 11.6. The lowest BCUT2D eigenvalue weighted by atomic mass is 10.1. The molecular formula is C13H20N6O. The third-order valence-electron chi connectivity index (χ3n) is 4.44. The number of aromatic nitrogens is 2. The summed E-state index contributed by atoms with van der Waals surface area (Å²) in [6, 6.07) is 1.08. The smallest absolute Gasteiger partial charge is 0.274 e. The van der Waals surface area contributed by atoms with Crippen LogP contribution in [0.25, 0.3) is 0 Å². The lowest BCUT2D eigenvalue weighted by Gasteiger charge is -2.25. The average molecular weight is 276 g/mol. The van der Waals surface area contributed by atoms with Crippen LogP contribution in [0.4, 0.5) is 5.82 Å². The predicted molar refractivity (Wildman–Crippen MR) is 74.9 cm³/mol. The summed E-state index contributed by atoms with van der Waals surface area (Å²) in [7, 11) is 2.16. The Kier molecular flexibility index (Phi) is 3.54. The minimum atomic E-state index is -0.0597. The molecule has 7 nitrogen and oxygen atoms in total. The van der Waals surface area contributed by atoms with Crippen LogP contribution in [-0.4, -0.2) is 57.9 Å². The average Bonchev–Trinajstić information content (AvgIpc) is 2.71. The predicted octanol–water partition coefficient (Wildman–Crippen LogP) is 0.0709. The zero-order valence-corrected chi connectivity index (χ0v) is 11.6. The molecular weight excluding hydrogens is 256 g/mol. The second-order valence-electron chi connectivity index (χ2n) is 5.52. The molecule has 0 saturated carbocycles. The second kappa shape index (κ2) is 5.34. The summed E-state index contributed by atoms with van der Waals surface area (Å²) in [5, 5.41) is 0. The maximum absolute atomic E-state index is 12.5. The van der Waals surface area contributed by atoms with Gasteiger partial charge in [-0.2, -0.15) is 0 Å². The summed E-state index contributed by atoms with van der Waals surface area (Å²) in [4.78, 5) is 25.0. The number of anilines is 1. The number of carbonyl (C=O) groups excluding carboxylic acids is 1. The van der Waals surface area contributed by atoms with Gasteiger partial charge in [0.2, 0.25) is 0 Å². The van der Waals surface area contributed by atoms with Gasteiger partial charge in [0.15, 0.2) is 5.82 Å². The van der Waals surface area contributed by atoms with E-state index in [0.717, 1.165) is 19.5 Å². The summed E-state index contributed by atoms with van der Waals surface area (Å²) in [6.07, 6.45) is 6.43. The first-order valence-electron chi connectivity index (χ1n) is 6.99. The number of likely N-dealkylation sites (N-methyl/N-ethyl adjacent to an activating group) is 1. The van der Waals surface area contributed by atoms with E-state index in [-0.39, 0.29) is 5.91 Å². The van der Waals surface area contributed by atoms with Gasteiger partial charge in [-0.15, -0.1) is 0 Å². The lowest BCUT2D eigenvalue weighted by molar-refractivity contribution is 0.0734. The fourth-order valence-corrected chi connectivity index (χ4v) is 3.19. The van der Waals surface area contributed by atoms with Gasteiger partial charge in [0, 0.05) is 25.2 Å². The highest BCUT2D eigenvalue weighted by molar-refractivity contribution is 5.92. The Morgan fingerprint density at radius 2 is 2.15 bits per heavy atom. The minimum Gasteiger partial charge on any atom is -0.336 e. The van der Waals surface area contributed by atoms with E-state index < -0.39 is 0 Å². The number of nitrogen functional groups attached to an aromatic ring is 1. The SMILES string of the molecule is CN1C2CCC1CN(C(=O)c1cncc(NN)n1)CC2. The van der Waals surface area contributed by atoms with Gasteiger partial charge in [-0.25, -0.2) is 10.8 Å². The third-order valence-corrected chi connectivity index (χ3v) is 4.44. The molecule has 3 heterocycles. The van der Waals surface area contributed by atoms with Crippen molar-refractivity contribution in [3.05, 3.63) is 18.1 Å². The van der Waals surface area contributed by atoms with Crippen molar-refractivity contribution in [1.29, 1.82) is 0 Å². The molecule has 1 aromatic rings. The number of hydrogen-bond donors (Lipinski definition) is 2. The molecule has 0 spiro atoms. The van der Waals surface area contributed by atoms with E-state index >= 15 is 0 Å². The number of likely N-dealkylation sites (tertiary alicyclic amines) is 1. The summed E-state index contributed by atoms with van der Waals surface area (Å²) in [6.45, 7) is 1.56. The first-order valence-corrected chi connectivity index (χ1v) is 6.99. The fourth-order valence-electron chi connectivity index (χ4n) is 3.19. The van der Waals surface area contributed by atoms with Crippen molar-refractivity contribution in [3.63, 3.8) is 0 Å². The lowest BCUT2D eigenvalue weighted by Crippen LogP contribution is -2.40. The van der Waals surface area contributed by atoms with Gasteiger partial charge in [0.1, 0.15) is 5.69 Å². The quantitative estimate of drug-likeness (QED) is 0.587. The number of hydrazine groups is 1. The van der Waals surface area contributed by atoms with Crippen LogP contribution in [0.15, 0.2) is 12.4 Å². The molecule has 2 bridgehead atoms. The molecule has 2 unspecified atom stereocenters. The molecule has 0 radical (unpaired) electrons. The van der Waals surface area contributed by atoms with Gasteiger partial charge < -0.3 is 10.3 Å². The summed E-state index contributed by atoms with van der Waals surface area (Å²) in [5.41, 5.74) is 2.77. The Hall–Kier alpha value is -1.73. The molecule has 2 aliphatic rings. The monoisotopic (exact) mass is 276 g/mol. The van der Waals surface area contributed by atoms with Gasteiger partial charge in [-0.05, 0) is 26.3 Å². The van der Waals surface area contributed by atoms with Crippen LogP contribution in [0.3, 0.4) is 0 Å². The summed E-state index contributed by atoms with van der Waals surface area (Å²) < 4.78 is 0. The molecule has 0 aliphatic carbocycles. The van der Waals surface area contributed by atoms with E-state index in [9.17, 15) is 4.79 Å². The van der Waals surface area contributed by atoms with Crippen molar-refractivity contribution in [2.24, 2.45) is 5.84 Å². The van der Waals surface area contributed by atoms with Gasteiger partial charge in [-0.3, -0.25) is 14.7 Å². The molecule has 108 valence electrons. The number of nitrogens with two attached hydrogens (primary N) is 1. The van der Waals surface area contributed by atoms with E-state index in [1.165, 1.54) is 25.2 Å². The van der Waals surface area contributed by atoms with Crippen molar-refractivity contribution in [2.75, 3.05) is 25.6 Å². The van der Waals surface area contributed by atoms with E-state index in [0.29, 0.717) is 23.6 Å². The number of hydrogen-bond acceptors (Lipinski definition) is 6. The highest BCUT2D eigenvalue weighted by Crippen LogP contribution is 2.28. The third kappa shape index (κ3) is 2.34. The van der Waals surface area contributed by atoms with Gasteiger partial charge in [-0.1, -0.05) is 0 Å². The highest BCUT2D eigenvalue weighted by atomic mass is 16.2. The van der Waals surface area contributed by atoms with Crippen molar-refractivity contribution in [2.45, 2.75) is 31.3 Å².